The van der Waals surface area contributed by atoms with Gasteiger partial charge in [0.25, 0.3) is 5.56 Å². The third-order valence-electron chi connectivity index (χ3n) is 3.86. The first-order chi connectivity index (χ1) is 11.1. The molecule has 0 spiro atoms. The maximum atomic E-state index is 12.2. The summed E-state index contributed by atoms with van der Waals surface area (Å²) in [6.07, 6.45) is 1.05. The molecular formula is C17H23N3O3. The predicted octanol–water partition coefficient (Wildman–Crippen LogP) is 1.34. The van der Waals surface area contributed by atoms with Gasteiger partial charge in [-0.1, -0.05) is 0 Å². The molecule has 0 saturated heterocycles. The number of nitrogens with one attached hydrogen (secondary N) is 2. The summed E-state index contributed by atoms with van der Waals surface area (Å²) >= 11 is 0. The number of aromatic amines is 1. The molecule has 124 valence electrons. The van der Waals surface area contributed by atoms with Gasteiger partial charge in [-0.3, -0.25) is 4.79 Å². The lowest BCUT2D eigenvalue weighted by Gasteiger charge is -2.19. The highest BCUT2D eigenvalue weighted by Gasteiger charge is 2.13. The Morgan fingerprint density at radius 3 is 2.65 bits per heavy atom. The second-order valence-corrected chi connectivity index (χ2v) is 6.04. The number of pyridine rings is 1. The second kappa shape index (κ2) is 7.02. The minimum absolute atomic E-state index is 0.0608. The van der Waals surface area contributed by atoms with Crippen molar-refractivity contribution in [3.05, 3.63) is 34.1 Å². The predicted molar refractivity (Wildman–Crippen MR) is 90.4 cm³/mol. The molecular weight excluding hydrogens is 294 g/mol. The highest BCUT2D eigenvalue weighted by Crippen LogP contribution is 2.33. The van der Waals surface area contributed by atoms with Crippen LogP contribution in [-0.2, 0) is 6.54 Å². The van der Waals surface area contributed by atoms with Gasteiger partial charge in [0.1, 0.15) is 13.2 Å². The lowest BCUT2D eigenvalue weighted by atomic mass is 10.1. The van der Waals surface area contributed by atoms with E-state index in [1.54, 1.807) is 0 Å². The molecule has 0 unspecified atom stereocenters. The summed E-state index contributed by atoms with van der Waals surface area (Å²) in [4.78, 5) is 17.3. The highest BCUT2D eigenvalue weighted by atomic mass is 16.6. The van der Waals surface area contributed by atoms with Crippen LogP contribution in [0.3, 0.4) is 0 Å². The Balaban J connectivity index is 1.73. The Kier molecular flexibility index (Phi) is 4.83. The number of aromatic nitrogens is 1. The van der Waals surface area contributed by atoms with E-state index in [-0.39, 0.29) is 5.56 Å². The van der Waals surface area contributed by atoms with E-state index in [9.17, 15) is 4.79 Å². The molecule has 0 saturated carbocycles. The average molecular weight is 317 g/mol. The lowest BCUT2D eigenvalue weighted by Crippen LogP contribution is -2.24. The van der Waals surface area contributed by atoms with E-state index >= 15 is 0 Å². The maximum absolute atomic E-state index is 12.2. The molecule has 0 bridgehead atoms. The molecule has 3 rings (SSSR count). The van der Waals surface area contributed by atoms with Crippen LogP contribution in [0.2, 0.25) is 0 Å². The maximum Gasteiger partial charge on any atom is 0.252 e. The van der Waals surface area contributed by atoms with Crippen LogP contribution in [0.1, 0.15) is 12.0 Å². The fraction of sp³-hybridized carbons (Fsp3) is 0.471. The molecule has 1 aliphatic heterocycles. The number of hydrogen-bond acceptors (Lipinski definition) is 5. The number of benzene rings is 1. The van der Waals surface area contributed by atoms with Crippen molar-refractivity contribution < 1.29 is 9.47 Å². The smallest absolute Gasteiger partial charge is 0.252 e. The van der Waals surface area contributed by atoms with Gasteiger partial charge >= 0.3 is 0 Å². The molecule has 2 aromatic rings. The zero-order chi connectivity index (χ0) is 16.2. The van der Waals surface area contributed by atoms with Gasteiger partial charge in [0, 0.05) is 23.6 Å². The molecule has 0 amide bonds. The largest absolute Gasteiger partial charge is 0.486 e. The van der Waals surface area contributed by atoms with Crippen LogP contribution < -0.4 is 20.3 Å². The van der Waals surface area contributed by atoms with Crippen LogP contribution in [0.4, 0.5) is 0 Å². The summed E-state index contributed by atoms with van der Waals surface area (Å²) in [6, 6.07) is 5.68. The Morgan fingerprint density at radius 1 is 1.17 bits per heavy atom. The van der Waals surface area contributed by atoms with Crippen LogP contribution in [-0.4, -0.2) is 50.3 Å². The van der Waals surface area contributed by atoms with Crippen LogP contribution in [0.5, 0.6) is 11.5 Å². The van der Waals surface area contributed by atoms with Gasteiger partial charge in [-0.05, 0) is 45.7 Å². The number of fused-ring (bicyclic) bond motifs is 2. The van der Waals surface area contributed by atoms with E-state index in [1.165, 1.54) is 0 Å². The fourth-order valence-corrected chi connectivity index (χ4v) is 2.66. The number of ether oxygens (including phenoxy) is 2. The molecule has 0 atom stereocenters. The molecule has 6 heteroatoms. The Hall–Kier alpha value is -2.05. The number of rotatable bonds is 6. The van der Waals surface area contributed by atoms with Crippen LogP contribution in [0, 0.1) is 0 Å². The summed E-state index contributed by atoms with van der Waals surface area (Å²) in [7, 11) is 4.11. The van der Waals surface area contributed by atoms with Crippen molar-refractivity contribution in [2.24, 2.45) is 0 Å². The number of nitrogens with zero attached hydrogens (tertiary/aromatic N) is 1. The molecule has 0 aliphatic carbocycles. The van der Waals surface area contributed by atoms with Gasteiger partial charge < -0.3 is 24.7 Å². The Bertz CT molecular complexity index is 740. The molecule has 1 aromatic heterocycles. The summed E-state index contributed by atoms with van der Waals surface area (Å²) in [5.41, 5.74) is 1.45. The quantitative estimate of drug-likeness (QED) is 0.787. The monoisotopic (exact) mass is 317 g/mol. The minimum atomic E-state index is -0.0608. The Morgan fingerprint density at radius 2 is 1.91 bits per heavy atom. The van der Waals surface area contributed by atoms with Gasteiger partial charge in [0.05, 0.1) is 5.52 Å². The van der Waals surface area contributed by atoms with Crippen molar-refractivity contribution in [3.63, 3.8) is 0 Å². The molecule has 2 N–H and O–H groups in total. The van der Waals surface area contributed by atoms with Crippen molar-refractivity contribution in [1.82, 2.24) is 15.2 Å². The number of H-pyrrole nitrogens is 1. The summed E-state index contributed by atoms with van der Waals surface area (Å²) < 4.78 is 11.1. The molecule has 6 nitrogen and oxygen atoms in total. The van der Waals surface area contributed by atoms with Crippen molar-refractivity contribution in [2.45, 2.75) is 13.0 Å². The first-order valence-electron chi connectivity index (χ1n) is 7.94. The van der Waals surface area contributed by atoms with Crippen LogP contribution in [0.15, 0.2) is 23.0 Å². The normalized spacial score (nSPS) is 13.7. The zero-order valence-electron chi connectivity index (χ0n) is 13.6. The molecule has 2 heterocycles. The van der Waals surface area contributed by atoms with Gasteiger partial charge in [-0.2, -0.15) is 0 Å². The third-order valence-corrected chi connectivity index (χ3v) is 3.86. The minimum Gasteiger partial charge on any atom is -0.486 e. The van der Waals surface area contributed by atoms with Gasteiger partial charge in [-0.15, -0.1) is 0 Å². The van der Waals surface area contributed by atoms with Crippen molar-refractivity contribution in [3.8, 4) is 11.5 Å². The molecule has 0 fully saturated rings. The topological polar surface area (TPSA) is 66.6 Å². The van der Waals surface area contributed by atoms with Gasteiger partial charge in [0.15, 0.2) is 11.5 Å². The first-order valence-corrected chi connectivity index (χ1v) is 7.94. The van der Waals surface area contributed by atoms with Gasteiger partial charge in [-0.25, -0.2) is 0 Å². The molecule has 1 aliphatic rings. The third kappa shape index (κ3) is 3.83. The van der Waals surface area contributed by atoms with Crippen LogP contribution >= 0.6 is 0 Å². The highest BCUT2D eigenvalue weighted by molar-refractivity contribution is 5.83. The van der Waals surface area contributed by atoms with Crippen molar-refractivity contribution >= 4 is 10.9 Å². The van der Waals surface area contributed by atoms with E-state index < -0.39 is 0 Å². The summed E-state index contributed by atoms with van der Waals surface area (Å²) in [5.74, 6) is 1.43. The molecule has 23 heavy (non-hydrogen) atoms. The number of hydrogen-bond donors (Lipinski definition) is 2. The van der Waals surface area contributed by atoms with E-state index in [0.29, 0.717) is 25.5 Å². The fourth-order valence-electron chi connectivity index (χ4n) is 2.66. The van der Waals surface area contributed by atoms with E-state index in [0.717, 1.165) is 41.7 Å². The standard InChI is InChI=1S/C17H23N3O3/c1-20(2)5-3-4-18-11-13-8-12-9-15-16(23-7-6-22-15)10-14(12)19-17(13)21/h8-10,18H,3-7,11H2,1-2H3,(H,19,21). The molecule has 1 aromatic carbocycles. The first kappa shape index (κ1) is 15.8. The average Bonchev–Trinajstić information content (AvgIpc) is 2.53. The Labute approximate surface area is 135 Å². The van der Waals surface area contributed by atoms with Crippen molar-refractivity contribution in [2.75, 3.05) is 40.4 Å². The van der Waals surface area contributed by atoms with Gasteiger partial charge in [0.2, 0.25) is 0 Å². The van der Waals surface area contributed by atoms with E-state index in [2.05, 4.69) is 29.3 Å². The van der Waals surface area contributed by atoms with Crippen LogP contribution in [0.25, 0.3) is 10.9 Å². The summed E-state index contributed by atoms with van der Waals surface area (Å²) in [5, 5.41) is 4.28. The zero-order valence-corrected chi connectivity index (χ0v) is 13.6. The van der Waals surface area contributed by atoms with E-state index in [4.69, 9.17) is 9.47 Å². The second-order valence-electron chi connectivity index (χ2n) is 6.04. The lowest BCUT2D eigenvalue weighted by molar-refractivity contribution is 0.172. The van der Waals surface area contributed by atoms with E-state index in [1.807, 2.05) is 18.2 Å². The molecule has 0 radical (unpaired) electrons. The SMILES string of the molecule is CN(C)CCCNCc1cc2cc3c(cc2[nH]c1=O)OCCO3. The van der Waals surface area contributed by atoms with Crippen molar-refractivity contribution in [1.29, 1.82) is 0 Å². The summed E-state index contributed by atoms with van der Waals surface area (Å²) in [6.45, 7) is 3.58.